The third-order valence-corrected chi connectivity index (χ3v) is 8.35. The summed E-state index contributed by atoms with van der Waals surface area (Å²) in [6.45, 7) is 7.22. The summed E-state index contributed by atoms with van der Waals surface area (Å²) in [5.41, 5.74) is 9.50. The van der Waals surface area contributed by atoms with E-state index < -0.39 is 0 Å². The van der Waals surface area contributed by atoms with Crippen LogP contribution in [0.3, 0.4) is 0 Å². The number of unbranched alkanes of at least 4 members (excludes halogenated alkanes) is 1. The van der Waals surface area contributed by atoms with Crippen molar-refractivity contribution in [1.29, 1.82) is 0 Å². The quantitative estimate of drug-likeness (QED) is 0.146. The number of nitrogens with one attached hydrogen (secondary N) is 1. The van der Waals surface area contributed by atoms with Gasteiger partial charge in [-0.1, -0.05) is 55.8 Å². The molecule has 1 aliphatic heterocycles. The fourth-order valence-corrected chi connectivity index (χ4v) is 5.64. The molecule has 0 spiro atoms. The predicted octanol–water partition coefficient (Wildman–Crippen LogP) is 2.84. The first kappa shape index (κ1) is 33.5. The van der Waals surface area contributed by atoms with Crippen LogP contribution in [-0.2, 0) is 33.8 Å². The zero-order chi connectivity index (χ0) is 33.2. The molecule has 13 heteroatoms. The van der Waals surface area contributed by atoms with Crippen LogP contribution in [0.15, 0.2) is 59.4 Å². The molecule has 1 aliphatic rings. The second kappa shape index (κ2) is 16.1. The summed E-state index contributed by atoms with van der Waals surface area (Å²) in [4.78, 5) is 56.2. The van der Waals surface area contributed by atoms with E-state index in [-0.39, 0.29) is 35.8 Å². The molecule has 1 saturated heterocycles. The summed E-state index contributed by atoms with van der Waals surface area (Å²) < 4.78 is 12.0. The van der Waals surface area contributed by atoms with E-state index in [4.69, 9.17) is 15.2 Å². The van der Waals surface area contributed by atoms with Crippen molar-refractivity contribution in [3.05, 3.63) is 76.2 Å². The lowest BCUT2D eigenvalue weighted by Gasteiger charge is -2.36. The van der Waals surface area contributed by atoms with E-state index in [0.29, 0.717) is 50.4 Å². The molecule has 4 aromatic rings. The summed E-state index contributed by atoms with van der Waals surface area (Å²) in [7, 11) is 1.37. The van der Waals surface area contributed by atoms with E-state index in [1.165, 1.54) is 17.4 Å². The summed E-state index contributed by atoms with van der Waals surface area (Å²) in [5.74, 6) is -0.139. The number of amides is 1. The molecular formula is C34H44N8O5. The molecule has 250 valence electrons. The number of nitrogens with two attached hydrogens (primary N) is 1. The number of hydrogen-bond acceptors (Lipinski definition) is 10. The molecule has 13 nitrogen and oxygen atoms in total. The molecule has 2 aromatic carbocycles. The number of ether oxygens (including phenoxy) is 2. The number of benzene rings is 2. The Morgan fingerprint density at radius 2 is 1.70 bits per heavy atom. The summed E-state index contributed by atoms with van der Waals surface area (Å²) in [6, 6.07) is 18.1. The van der Waals surface area contributed by atoms with Gasteiger partial charge < -0.3 is 30.0 Å². The highest BCUT2D eigenvalue weighted by molar-refractivity contribution is 5.82. The largest absolute Gasteiger partial charge is 0.469 e. The van der Waals surface area contributed by atoms with Crippen LogP contribution in [-0.4, -0.2) is 94.2 Å². The SMILES string of the molecule is CCCCOc1nc(N)c2[nH]c(=O)n(CCCN(Cc3ccc(CC(=O)OC)cc3)C(=O)CN3CCN(c4ccccc4)CC3)c2n1. The molecule has 0 radical (unpaired) electrons. The number of H-pyrrole nitrogens is 1. The smallest absolute Gasteiger partial charge is 0.327 e. The number of nitrogen functional groups attached to an aromatic ring is 1. The van der Waals surface area contributed by atoms with E-state index in [2.05, 4.69) is 43.8 Å². The van der Waals surface area contributed by atoms with Gasteiger partial charge in [-0.15, -0.1) is 0 Å². The number of para-hydroxylation sites is 1. The van der Waals surface area contributed by atoms with Gasteiger partial charge in [-0.25, -0.2) is 4.79 Å². The minimum absolute atomic E-state index is 0.0150. The average Bonchev–Trinajstić information content (AvgIpc) is 3.41. The van der Waals surface area contributed by atoms with Crippen molar-refractivity contribution in [2.75, 3.05) is 63.6 Å². The summed E-state index contributed by atoms with van der Waals surface area (Å²) >= 11 is 0. The lowest BCUT2D eigenvalue weighted by Crippen LogP contribution is -2.50. The number of aryl methyl sites for hydroxylation is 1. The van der Waals surface area contributed by atoms with Crippen LogP contribution in [0.4, 0.5) is 11.5 Å². The van der Waals surface area contributed by atoms with Gasteiger partial charge in [-0.2, -0.15) is 9.97 Å². The molecule has 1 fully saturated rings. The van der Waals surface area contributed by atoms with E-state index in [1.807, 2.05) is 47.4 Å². The number of aromatic nitrogens is 4. The Labute approximate surface area is 274 Å². The number of carbonyl (C=O) groups excluding carboxylic acids is 2. The van der Waals surface area contributed by atoms with Crippen LogP contribution >= 0.6 is 0 Å². The molecule has 47 heavy (non-hydrogen) atoms. The van der Waals surface area contributed by atoms with Crippen molar-refractivity contribution in [1.82, 2.24) is 29.3 Å². The zero-order valence-electron chi connectivity index (χ0n) is 27.2. The average molecular weight is 645 g/mol. The van der Waals surface area contributed by atoms with Crippen molar-refractivity contribution in [3.63, 3.8) is 0 Å². The Kier molecular flexibility index (Phi) is 11.4. The number of aromatic amines is 1. The van der Waals surface area contributed by atoms with Crippen molar-refractivity contribution in [2.24, 2.45) is 0 Å². The highest BCUT2D eigenvalue weighted by Crippen LogP contribution is 2.19. The Hall–Kier alpha value is -4.91. The normalized spacial score (nSPS) is 13.5. The molecule has 1 amide bonds. The van der Waals surface area contributed by atoms with Gasteiger partial charge in [0.2, 0.25) is 5.91 Å². The second-order valence-electron chi connectivity index (χ2n) is 11.7. The van der Waals surface area contributed by atoms with Gasteiger partial charge in [0.1, 0.15) is 5.52 Å². The highest BCUT2D eigenvalue weighted by Gasteiger charge is 2.23. The van der Waals surface area contributed by atoms with Crippen molar-refractivity contribution in [2.45, 2.75) is 45.7 Å². The topological polar surface area (TPSA) is 152 Å². The highest BCUT2D eigenvalue weighted by atomic mass is 16.5. The summed E-state index contributed by atoms with van der Waals surface area (Å²) in [5, 5.41) is 0. The first-order chi connectivity index (χ1) is 22.8. The van der Waals surface area contributed by atoms with Gasteiger partial charge in [-0.05, 0) is 36.1 Å². The van der Waals surface area contributed by atoms with Crippen LogP contribution in [0, 0.1) is 0 Å². The Balaban J connectivity index is 1.26. The maximum atomic E-state index is 13.8. The second-order valence-corrected chi connectivity index (χ2v) is 11.7. The Bertz CT molecular complexity index is 1680. The number of imidazole rings is 1. The molecule has 0 aliphatic carbocycles. The summed E-state index contributed by atoms with van der Waals surface area (Å²) in [6.07, 6.45) is 2.51. The number of carbonyl (C=O) groups is 2. The lowest BCUT2D eigenvalue weighted by atomic mass is 10.1. The van der Waals surface area contributed by atoms with E-state index in [0.717, 1.165) is 50.1 Å². The lowest BCUT2D eigenvalue weighted by molar-refractivity contribution is -0.139. The van der Waals surface area contributed by atoms with Crippen molar-refractivity contribution < 1.29 is 19.1 Å². The van der Waals surface area contributed by atoms with Gasteiger partial charge in [0, 0.05) is 51.5 Å². The van der Waals surface area contributed by atoms with E-state index in [1.54, 1.807) is 0 Å². The standard InChI is InChI=1S/C34H44N8O5/c1-3-4-21-47-33-37-31(35)30-32(38-33)42(34(45)36-30)16-8-15-41(23-26-13-11-25(12-14-26)22-29(44)46-2)28(43)24-39-17-19-40(20-18-39)27-9-6-5-7-10-27/h5-7,9-14H,3-4,8,15-24H2,1-2H3,(H,36,45)(H2,35,37,38). The minimum Gasteiger partial charge on any atom is -0.469 e. The molecule has 0 saturated carbocycles. The molecule has 5 rings (SSSR count). The molecule has 0 atom stereocenters. The van der Waals surface area contributed by atoms with Gasteiger partial charge in [-0.3, -0.25) is 19.1 Å². The molecule has 3 N–H and O–H groups in total. The number of piperazine rings is 1. The van der Waals surface area contributed by atoms with Gasteiger partial charge in [0.05, 0.1) is 26.7 Å². The van der Waals surface area contributed by atoms with Gasteiger partial charge >= 0.3 is 17.7 Å². The molecule has 0 bridgehead atoms. The number of esters is 1. The monoisotopic (exact) mass is 644 g/mol. The number of anilines is 2. The van der Waals surface area contributed by atoms with Crippen LogP contribution in [0.25, 0.3) is 11.2 Å². The molecule has 0 unspecified atom stereocenters. The molecule has 3 heterocycles. The Morgan fingerprint density at radius 3 is 2.40 bits per heavy atom. The number of fused-ring (bicyclic) bond motifs is 1. The number of hydrogen-bond donors (Lipinski definition) is 2. The first-order valence-corrected chi connectivity index (χ1v) is 16.2. The first-order valence-electron chi connectivity index (χ1n) is 16.2. The zero-order valence-corrected chi connectivity index (χ0v) is 27.2. The van der Waals surface area contributed by atoms with E-state index >= 15 is 0 Å². The van der Waals surface area contributed by atoms with Crippen LogP contribution in [0.1, 0.15) is 37.3 Å². The van der Waals surface area contributed by atoms with Gasteiger partial charge in [0.25, 0.3) is 0 Å². The number of methoxy groups -OCH3 is 1. The van der Waals surface area contributed by atoms with Crippen molar-refractivity contribution >= 4 is 34.5 Å². The molecular weight excluding hydrogens is 600 g/mol. The minimum atomic E-state index is -0.345. The third kappa shape index (κ3) is 8.88. The maximum absolute atomic E-state index is 13.8. The number of rotatable bonds is 15. The van der Waals surface area contributed by atoms with Crippen molar-refractivity contribution in [3.8, 4) is 6.01 Å². The Morgan fingerprint density at radius 1 is 0.979 bits per heavy atom. The number of nitrogens with zero attached hydrogens (tertiary/aromatic N) is 6. The van der Waals surface area contributed by atoms with Crippen LogP contribution in [0.2, 0.25) is 0 Å². The third-order valence-electron chi connectivity index (χ3n) is 8.35. The predicted molar refractivity (Wildman–Crippen MR) is 180 cm³/mol. The van der Waals surface area contributed by atoms with E-state index in [9.17, 15) is 14.4 Å². The fourth-order valence-electron chi connectivity index (χ4n) is 5.64. The van der Waals surface area contributed by atoms with Gasteiger partial charge in [0.15, 0.2) is 11.5 Å². The fraction of sp³-hybridized carbons (Fsp3) is 0.441. The van der Waals surface area contributed by atoms with Crippen LogP contribution < -0.4 is 21.1 Å². The van der Waals surface area contributed by atoms with Crippen LogP contribution in [0.5, 0.6) is 6.01 Å². The maximum Gasteiger partial charge on any atom is 0.327 e. The molecule has 2 aromatic heterocycles.